The number of cyclic esters (lactones) is 1. The Kier molecular flexibility index (Phi) is 34.5. The third kappa shape index (κ3) is 28.3. The maximum atomic E-state index is 14.3. The first kappa shape index (κ1) is 80.5. The molecule has 19 unspecified atom stereocenters. The largest absolute Gasteiger partial charge is 0.461 e. The van der Waals surface area contributed by atoms with Gasteiger partial charge in [-0.15, -0.1) is 0 Å². The molecule has 5 heterocycles. The molecule has 3 saturated heterocycles. The minimum atomic E-state index is -2.34. The molecule has 4 aliphatic heterocycles. The summed E-state index contributed by atoms with van der Waals surface area (Å²) in [6.45, 7) is 7.62. The number of Topliss-reactive ketones (excluding diaryl/α,β-unsaturated/α-hetero) is 2. The van der Waals surface area contributed by atoms with Crippen LogP contribution in [0.4, 0.5) is 5.69 Å². The number of nitrogens with one attached hydrogen (secondary N) is 3. The fraction of sp³-hybridized carbons (Fsp3) is 0.595. The minimum Gasteiger partial charge on any atom is -0.461 e. The number of ketones is 2. The number of carbonyl (C=O) groups is 5. The number of aliphatic hydroxyl groups excluding tert-OH is 9. The summed E-state index contributed by atoms with van der Waals surface area (Å²) in [7, 11) is 1.77. The molecule has 3 fully saturated rings. The van der Waals surface area contributed by atoms with Crippen molar-refractivity contribution >= 4 is 35.0 Å². The molecule has 2 aromatic rings. The average molecular weight is 1370 g/mol. The molecule has 13 N–H and O–H groups in total. The van der Waals surface area contributed by atoms with Crippen molar-refractivity contribution in [2.45, 2.75) is 227 Å². The Hall–Kier alpha value is -6.46. The van der Waals surface area contributed by atoms with Crippen LogP contribution in [0.15, 0.2) is 134 Å². The van der Waals surface area contributed by atoms with Crippen LogP contribution in [-0.2, 0) is 44.5 Å². The van der Waals surface area contributed by atoms with Gasteiger partial charge in [-0.05, 0) is 107 Å². The lowest BCUT2D eigenvalue weighted by atomic mass is 9.82. The molecule has 0 spiro atoms. The third-order valence-electron chi connectivity index (χ3n) is 18.2. The van der Waals surface area contributed by atoms with Crippen LogP contribution in [0.1, 0.15) is 140 Å². The predicted octanol–water partition coefficient (Wildman–Crippen LogP) is 4.45. The first-order chi connectivity index (χ1) is 46.9. The molecule has 1 aromatic carbocycles. The van der Waals surface area contributed by atoms with Gasteiger partial charge in [-0.25, -0.2) is 0 Å². The van der Waals surface area contributed by atoms with Gasteiger partial charge in [0.1, 0.15) is 24.1 Å². The van der Waals surface area contributed by atoms with E-state index in [2.05, 4.69) is 25.8 Å². The van der Waals surface area contributed by atoms with Crippen molar-refractivity contribution in [3.63, 3.8) is 0 Å². The number of piperidine rings is 1. The maximum absolute atomic E-state index is 14.3. The Morgan fingerprint density at radius 2 is 1.35 bits per heavy atom. The first-order valence-corrected chi connectivity index (χ1v) is 34.6. The monoisotopic (exact) mass is 1370 g/mol. The topological polar surface area (TPSA) is 377 Å². The van der Waals surface area contributed by atoms with Crippen molar-refractivity contribution in [1.82, 2.24) is 20.5 Å². The number of carbonyl (C=O) groups excluding carboxylic acids is 5. The number of hydrogen-bond acceptors (Lipinski definition) is 22. The number of amides is 2. The quantitative estimate of drug-likeness (QED) is 0.0724. The lowest BCUT2D eigenvalue weighted by Crippen LogP contribution is -2.64. The second kappa shape index (κ2) is 42.0. The van der Waals surface area contributed by atoms with E-state index in [9.17, 15) is 75.0 Å². The van der Waals surface area contributed by atoms with Crippen LogP contribution >= 0.6 is 0 Å². The van der Waals surface area contributed by atoms with Crippen molar-refractivity contribution in [2.75, 3.05) is 38.5 Å². The van der Waals surface area contributed by atoms with Crippen molar-refractivity contribution in [2.24, 2.45) is 17.8 Å². The molecule has 542 valence electrons. The molecule has 4 aliphatic rings. The number of esters is 1. The number of allylic oxidation sites excluding steroid dienone is 12. The predicted molar refractivity (Wildman–Crippen MR) is 367 cm³/mol. The van der Waals surface area contributed by atoms with Crippen LogP contribution in [0.25, 0.3) is 0 Å². The smallest absolute Gasteiger partial charge is 0.308 e. The average Bonchev–Trinajstić information content (AvgIpc) is 0.790. The molecule has 0 saturated carbocycles. The molecule has 2 amide bonds. The summed E-state index contributed by atoms with van der Waals surface area (Å²) >= 11 is 0. The van der Waals surface area contributed by atoms with Crippen LogP contribution in [0.5, 0.6) is 0 Å². The van der Waals surface area contributed by atoms with Gasteiger partial charge in [0.25, 0.3) is 0 Å². The van der Waals surface area contributed by atoms with Crippen LogP contribution in [0.2, 0.25) is 0 Å². The van der Waals surface area contributed by atoms with E-state index in [0.717, 1.165) is 38.0 Å². The van der Waals surface area contributed by atoms with Gasteiger partial charge in [0.15, 0.2) is 17.9 Å². The number of nitrogens with zero attached hydrogens (tertiary/aromatic N) is 2. The van der Waals surface area contributed by atoms with Crippen molar-refractivity contribution < 1.29 is 94.0 Å². The number of anilines is 1. The summed E-state index contributed by atoms with van der Waals surface area (Å²) in [5.74, 6) is -7.09. The van der Waals surface area contributed by atoms with E-state index >= 15 is 0 Å². The summed E-state index contributed by atoms with van der Waals surface area (Å²) in [6, 6.07) is 11.0. The molecule has 24 heteroatoms. The number of rotatable bonds is 18. The van der Waals surface area contributed by atoms with Gasteiger partial charge < -0.3 is 90.9 Å². The molecule has 24 nitrogen and oxygen atoms in total. The highest BCUT2D eigenvalue weighted by molar-refractivity contribution is 5.96. The highest BCUT2D eigenvalue weighted by Gasteiger charge is 2.51. The molecule has 19 atom stereocenters. The molecule has 0 radical (unpaired) electrons. The zero-order valence-corrected chi connectivity index (χ0v) is 57.0. The normalized spacial score (nSPS) is 31.9. The van der Waals surface area contributed by atoms with Crippen LogP contribution in [-0.4, -0.2) is 221 Å². The zero-order chi connectivity index (χ0) is 71.2. The summed E-state index contributed by atoms with van der Waals surface area (Å²) < 4.78 is 24.9. The Labute approximate surface area is 575 Å². The second-order valence-corrected chi connectivity index (χ2v) is 26.6. The summed E-state index contributed by atoms with van der Waals surface area (Å²) in [4.78, 5) is 73.8. The Bertz CT molecular complexity index is 2970. The fourth-order valence-corrected chi connectivity index (χ4v) is 12.9. The van der Waals surface area contributed by atoms with Crippen molar-refractivity contribution in [3.05, 3.63) is 145 Å². The number of benzene rings is 1. The van der Waals surface area contributed by atoms with Gasteiger partial charge in [0.05, 0.1) is 79.4 Å². The second-order valence-electron chi connectivity index (χ2n) is 26.6. The third-order valence-corrected chi connectivity index (χ3v) is 18.2. The van der Waals surface area contributed by atoms with Gasteiger partial charge in [-0.1, -0.05) is 111 Å². The number of hydrogen-bond donors (Lipinski definition) is 13. The minimum absolute atomic E-state index is 0.107. The van der Waals surface area contributed by atoms with E-state index in [4.69, 9.17) is 18.9 Å². The highest BCUT2D eigenvalue weighted by atomic mass is 16.7. The van der Waals surface area contributed by atoms with E-state index < -0.39 is 178 Å². The molecule has 6 rings (SSSR count). The van der Waals surface area contributed by atoms with Crippen LogP contribution < -0.4 is 16.0 Å². The van der Waals surface area contributed by atoms with E-state index in [0.29, 0.717) is 30.6 Å². The van der Waals surface area contributed by atoms with E-state index in [1.165, 1.54) is 0 Å². The highest BCUT2D eigenvalue weighted by Crippen LogP contribution is 2.39. The number of aromatic nitrogens is 1. The SMILES string of the molecule is CNc1ccc(C(=O)CC(O)CCC(C)C2OC(=O)CC(O)CC(=O)CC(O)CC(O)CC(O)CC(O)CC3(O)CC(O)C(C(=O)NCCc4ccccn4)C(CC(OC4OC(C)C(O)C(NC(=O)CCN5CCCCC5)C4O)C=CC=CC=CC=CC=CC=CC=CC2C)O3)cc1. The number of aliphatic hydroxyl groups is 10. The lowest BCUT2D eigenvalue weighted by Gasteiger charge is -2.46. The molecule has 0 aliphatic carbocycles. The Morgan fingerprint density at radius 3 is 1.99 bits per heavy atom. The van der Waals surface area contributed by atoms with Gasteiger partial charge in [-0.2, -0.15) is 0 Å². The Morgan fingerprint density at radius 1 is 0.724 bits per heavy atom. The summed E-state index contributed by atoms with van der Waals surface area (Å²) in [5.41, 5.74) is 1.99. The van der Waals surface area contributed by atoms with Gasteiger partial charge in [-0.3, -0.25) is 29.0 Å². The lowest BCUT2D eigenvalue weighted by molar-refractivity contribution is -0.307. The number of fused-ring (bicyclic) bond motifs is 2. The van der Waals surface area contributed by atoms with Crippen LogP contribution in [0.3, 0.4) is 0 Å². The van der Waals surface area contributed by atoms with E-state index in [-0.39, 0.29) is 49.8 Å². The zero-order valence-electron chi connectivity index (χ0n) is 57.0. The van der Waals surface area contributed by atoms with Gasteiger partial charge in [0.2, 0.25) is 11.8 Å². The van der Waals surface area contributed by atoms with Gasteiger partial charge in [0, 0.05) is 101 Å². The molecular formula is C74H107N5O19. The van der Waals surface area contributed by atoms with Crippen molar-refractivity contribution in [1.29, 1.82) is 0 Å². The standard InChI is InChI=1S/C74H107N5O19/c1-48-22-16-13-11-9-7-5-6-8-10-12-14-17-24-61(96-73-70(92)68(69(91)50(3)95-73)78-65(89)32-37-79-35-20-15-21-36-79)45-64-67(72(93)77-34-31-53-23-18-19-33-76-53)63(88)47-74(94,98-64)46-60(86)42-58(84)40-56(82)38-55(81)39-57(83)41-59(85)44-66(90)97-71(48)49(2)25-30-54(80)43-62(87)51-26-28-52(75-4)29-27-51/h5-14,16-19,22-24,26-29,33,48-50,54-56,58-61,63-64,67-71,73,75,80-82,84-86,88,91-92,94H,15,20-21,25,30-32,34-47H2,1-4H3,(H,77,93)(H,78,89). The molecule has 1 aromatic heterocycles. The summed E-state index contributed by atoms with van der Waals surface area (Å²) in [6.07, 6.45) is 7.37. The van der Waals surface area contributed by atoms with Crippen LogP contribution in [0, 0.1) is 17.8 Å². The Balaban J connectivity index is 1.22. The number of pyridine rings is 1. The first-order valence-electron chi connectivity index (χ1n) is 34.6. The number of ether oxygens (including phenoxy) is 4. The molecule has 2 bridgehead atoms. The van der Waals surface area contributed by atoms with E-state index in [1.807, 2.05) is 19.9 Å². The van der Waals surface area contributed by atoms with Crippen molar-refractivity contribution in [3.8, 4) is 0 Å². The summed E-state index contributed by atoms with van der Waals surface area (Å²) in [5, 5.41) is 122. The molecular weight excluding hydrogens is 1260 g/mol. The number of likely N-dealkylation sites (tertiary alicyclic amines) is 1. The molecule has 98 heavy (non-hydrogen) atoms. The fourth-order valence-electron chi connectivity index (χ4n) is 12.9. The van der Waals surface area contributed by atoms with E-state index in [1.54, 1.807) is 142 Å². The van der Waals surface area contributed by atoms with Gasteiger partial charge >= 0.3 is 5.97 Å². The maximum Gasteiger partial charge on any atom is 0.308 e.